The van der Waals surface area contributed by atoms with Crippen LogP contribution in [0.15, 0.2) is 62.7 Å². The van der Waals surface area contributed by atoms with Gasteiger partial charge in [-0.25, -0.2) is 4.79 Å². The summed E-state index contributed by atoms with van der Waals surface area (Å²) in [6, 6.07) is 14.0. The minimum atomic E-state index is -0.337. The van der Waals surface area contributed by atoms with Crippen LogP contribution in [0, 0.1) is 10.5 Å². The zero-order valence-electron chi connectivity index (χ0n) is 15.5. The van der Waals surface area contributed by atoms with Gasteiger partial charge in [0.25, 0.3) is 5.56 Å². The Morgan fingerprint density at radius 2 is 1.64 bits per heavy atom. The zero-order chi connectivity index (χ0) is 20.2. The first-order valence-corrected chi connectivity index (χ1v) is 10.5. The topological polar surface area (TPSA) is 48.9 Å². The highest BCUT2D eigenvalue weighted by atomic mass is 127. The van der Waals surface area contributed by atoms with Crippen molar-refractivity contribution in [2.45, 2.75) is 6.92 Å². The predicted molar refractivity (Wildman–Crippen MR) is 124 cm³/mol. The van der Waals surface area contributed by atoms with E-state index in [1.54, 1.807) is 7.05 Å². The molecule has 2 aromatic heterocycles. The summed E-state index contributed by atoms with van der Waals surface area (Å²) in [6.45, 7) is 2.05. The summed E-state index contributed by atoms with van der Waals surface area (Å²) in [6.07, 6.45) is 1.88. The normalized spacial score (nSPS) is 11.3. The molecule has 0 fully saturated rings. The maximum absolute atomic E-state index is 13.1. The van der Waals surface area contributed by atoms with Crippen molar-refractivity contribution in [2.75, 3.05) is 0 Å². The maximum atomic E-state index is 13.1. The van der Waals surface area contributed by atoms with E-state index in [2.05, 4.69) is 44.6 Å². The van der Waals surface area contributed by atoms with E-state index in [0.29, 0.717) is 10.9 Å². The Labute approximate surface area is 183 Å². The van der Waals surface area contributed by atoms with Crippen LogP contribution >= 0.6 is 38.5 Å². The fraction of sp³-hybridized carbons (Fsp3) is 0.143. The molecule has 142 valence electrons. The minimum absolute atomic E-state index is 0.294. The molecule has 2 aromatic carbocycles. The van der Waals surface area contributed by atoms with E-state index in [-0.39, 0.29) is 11.2 Å². The molecule has 4 rings (SSSR count). The number of benzene rings is 2. The molecule has 0 spiro atoms. The summed E-state index contributed by atoms with van der Waals surface area (Å²) in [4.78, 5) is 25.5. The lowest BCUT2D eigenvalue weighted by atomic mass is 10.1. The quantitative estimate of drug-likeness (QED) is 0.349. The van der Waals surface area contributed by atoms with Crippen molar-refractivity contribution >= 4 is 49.4 Å². The number of fused-ring (bicyclic) bond motifs is 1. The van der Waals surface area contributed by atoms with E-state index < -0.39 is 0 Å². The summed E-state index contributed by atoms with van der Waals surface area (Å²) >= 11 is 5.76. The van der Waals surface area contributed by atoms with Crippen LogP contribution in [0.2, 0.25) is 0 Å². The third-order valence-corrected chi connectivity index (χ3v) is 6.17. The number of hydrogen-bond donors (Lipinski definition) is 0. The number of hydrogen-bond acceptors (Lipinski definition) is 2. The number of nitrogens with zero attached hydrogens (tertiary/aromatic N) is 3. The zero-order valence-corrected chi connectivity index (χ0v) is 19.3. The van der Waals surface area contributed by atoms with E-state index in [1.807, 2.05) is 54.1 Å². The number of halogens is 2. The Hall–Kier alpha value is -2.13. The van der Waals surface area contributed by atoms with Gasteiger partial charge in [0, 0.05) is 34.0 Å². The van der Waals surface area contributed by atoms with Crippen molar-refractivity contribution in [3.63, 3.8) is 0 Å². The van der Waals surface area contributed by atoms with Crippen LogP contribution in [0.5, 0.6) is 0 Å². The van der Waals surface area contributed by atoms with Crippen molar-refractivity contribution in [3.05, 3.63) is 83.1 Å². The van der Waals surface area contributed by atoms with Crippen LogP contribution in [0.4, 0.5) is 0 Å². The molecular weight excluding hydrogens is 533 g/mol. The standard InChI is InChI=1S/C21H17BrIN3O2/c1-12-10-15(23)8-9-16(12)26-11-17-18(20(27)25(3)21(28)24(17)2)19(26)13-4-6-14(22)7-5-13/h4-11H,1-3H3. The third-order valence-electron chi connectivity index (χ3n) is 4.97. The predicted octanol–water partition coefficient (Wildman–Crippen LogP) is 4.37. The molecule has 0 aliphatic heterocycles. The molecule has 28 heavy (non-hydrogen) atoms. The molecule has 5 nitrogen and oxygen atoms in total. The second-order valence-corrected chi connectivity index (χ2v) is 8.91. The van der Waals surface area contributed by atoms with Gasteiger partial charge >= 0.3 is 5.69 Å². The van der Waals surface area contributed by atoms with Crippen molar-refractivity contribution in [3.8, 4) is 16.9 Å². The van der Waals surface area contributed by atoms with Gasteiger partial charge in [0.05, 0.1) is 16.6 Å². The molecule has 0 radical (unpaired) electrons. The number of aryl methyl sites for hydroxylation is 2. The fourth-order valence-electron chi connectivity index (χ4n) is 3.51. The molecule has 0 N–H and O–H groups in total. The lowest BCUT2D eigenvalue weighted by Gasteiger charge is -2.13. The highest BCUT2D eigenvalue weighted by Gasteiger charge is 2.20. The fourth-order valence-corrected chi connectivity index (χ4v) is 4.42. The van der Waals surface area contributed by atoms with E-state index in [0.717, 1.165) is 35.1 Å². The monoisotopic (exact) mass is 549 g/mol. The molecule has 0 saturated carbocycles. The molecule has 4 aromatic rings. The summed E-state index contributed by atoms with van der Waals surface area (Å²) in [5.74, 6) is 0. The average molecular weight is 550 g/mol. The Balaban J connectivity index is 2.21. The molecule has 0 saturated heterocycles. The second kappa shape index (κ2) is 7.04. The van der Waals surface area contributed by atoms with E-state index >= 15 is 0 Å². The first-order valence-electron chi connectivity index (χ1n) is 8.63. The van der Waals surface area contributed by atoms with E-state index in [1.165, 1.54) is 11.6 Å². The van der Waals surface area contributed by atoms with Gasteiger partial charge in [-0.3, -0.25) is 13.9 Å². The first kappa shape index (κ1) is 19.2. The van der Waals surface area contributed by atoms with Gasteiger partial charge in [0.15, 0.2) is 0 Å². The van der Waals surface area contributed by atoms with E-state index in [4.69, 9.17) is 0 Å². The smallest absolute Gasteiger partial charge is 0.313 e. The Morgan fingerprint density at radius 1 is 0.964 bits per heavy atom. The summed E-state index contributed by atoms with van der Waals surface area (Å²) in [7, 11) is 3.21. The molecule has 7 heteroatoms. The Bertz CT molecular complexity index is 1350. The molecular formula is C21H17BrIN3O2. The van der Waals surface area contributed by atoms with Gasteiger partial charge in [0.1, 0.15) is 0 Å². The van der Waals surface area contributed by atoms with Crippen LogP contribution < -0.4 is 11.2 Å². The van der Waals surface area contributed by atoms with Crippen LogP contribution in [-0.2, 0) is 14.1 Å². The molecule has 0 amide bonds. The highest BCUT2D eigenvalue weighted by Crippen LogP contribution is 2.32. The van der Waals surface area contributed by atoms with Crippen molar-refractivity contribution in [1.29, 1.82) is 0 Å². The molecule has 0 atom stereocenters. The Morgan fingerprint density at radius 3 is 2.29 bits per heavy atom. The van der Waals surface area contributed by atoms with Crippen LogP contribution in [-0.4, -0.2) is 13.7 Å². The van der Waals surface area contributed by atoms with Crippen LogP contribution in [0.25, 0.3) is 27.8 Å². The summed E-state index contributed by atoms with van der Waals surface area (Å²) in [5, 5.41) is 0.532. The molecule has 2 heterocycles. The van der Waals surface area contributed by atoms with Gasteiger partial charge in [-0.1, -0.05) is 28.1 Å². The molecule has 0 aliphatic carbocycles. The van der Waals surface area contributed by atoms with Gasteiger partial charge in [0.2, 0.25) is 0 Å². The highest BCUT2D eigenvalue weighted by molar-refractivity contribution is 14.1. The van der Waals surface area contributed by atoms with Crippen molar-refractivity contribution in [1.82, 2.24) is 13.7 Å². The molecule has 0 aliphatic rings. The van der Waals surface area contributed by atoms with Gasteiger partial charge < -0.3 is 4.57 Å². The van der Waals surface area contributed by atoms with Gasteiger partial charge in [-0.2, -0.15) is 0 Å². The SMILES string of the molecule is Cc1cc(I)ccc1-n1cc2c(c1-c1ccc(Br)cc1)c(=O)n(C)c(=O)n2C. The first-order chi connectivity index (χ1) is 13.3. The van der Waals surface area contributed by atoms with Gasteiger partial charge in [-0.05, 0) is 71.0 Å². The lowest BCUT2D eigenvalue weighted by Crippen LogP contribution is -2.36. The summed E-state index contributed by atoms with van der Waals surface area (Å²) < 4.78 is 6.81. The van der Waals surface area contributed by atoms with Crippen LogP contribution in [0.1, 0.15) is 5.56 Å². The van der Waals surface area contributed by atoms with Crippen molar-refractivity contribution < 1.29 is 0 Å². The van der Waals surface area contributed by atoms with Crippen LogP contribution in [0.3, 0.4) is 0 Å². The minimum Gasteiger partial charge on any atom is -0.313 e. The number of aromatic nitrogens is 3. The third kappa shape index (κ3) is 2.97. The second-order valence-electron chi connectivity index (χ2n) is 6.75. The lowest BCUT2D eigenvalue weighted by molar-refractivity contribution is 0.714. The number of rotatable bonds is 2. The largest absolute Gasteiger partial charge is 0.330 e. The average Bonchev–Trinajstić information content (AvgIpc) is 3.05. The van der Waals surface area contributed by atoms with E-state index in [9.17, 15) is 9.59 Å². The van der Waals surface area contributed by atoms with Gasteiger partial charge in [-0.15, -0.1) is 0 Å². The summed E-state index contributed by atoms with van der Waals surface area (Å²) in [5.41, 5.74) is 3.74. The molecule has 0 unspecified atom stereocenters. The molecule has 0 bridgehead atoms. The maximum Gasteiger partial charge on any atom is 0.330 e. The Kier molecular flexibility index (Phi) is 4.83. The van der Waals surface area contributed by atoms with Crippen molar-refractivity contribution in [2.24, 2.45) is 14.1 Å².